The van der Waals surface area contributed by atoms with Crippen LogP contribution in [0.15, 0.2) is 54.6 Å². The van der Waals surface area contributed by atoms with E-state index in [1.807, 2.05) is 35.2 Å². The summed E-state index contributed by atoms with van der Waals surface area (Å²) in [6.45, 7) is 0.991. The van der Waals surface area contributed by atoms with Gasteiger partial charge in [-0.1, -0.05) is 42.5 Å². The molecule has 0 radical (unpaired) electrons. The Labute approximate surface area is 128 Å². The zero-order valence-electron chi connectivity index (χ0n) is 11.9. The lowest BCUT2D eigenvalue weighted by atomic mass is 10.1. The van der Waals surface area contributed by atoms with Crippen LogP contribution in [0.2, 0.25) is 0 Å². The van der Waals surface area contributed by atoms with Gasteiger partial charge in [0.15, 0.2) is 0 Å². The number of hydrogen-bond donors (Lipinski definition) is 2. The second-order valence-electron chi connectivity index (χ2n) is 5.29. The number of aromatic carboxylic acids is 1. The van der Waals surface area contributed by atoms with Crippen LogP contribution in [0.5, 0.6) is 0 Å². The summed E-state index contributed by atoms with van der Waals surface area (Å²) in [5, 5.41) is 11.9. The molecule has 1 amide bonds. The molecule has 1 atom stereocenters. The van der Waals surface area contributed by atoms with Crippen LogP contribution in [0.25, 0.3) is 0 Å². The molecule has 2 aromatic carbocycles. The van der Waals surface area contributed by atoms with Crippen LogP contribution in [-0.4, -0.2) is 28.4 Å². The molecule has 3 rings (SSSR count). The highest BCUT2D eigenvalue weighted by atomic mass is 16.4. The molecule has 0 aromatic heterocycles. The van der Waals surface area contributed by atoms with Crippen molar-refractivity contribution in [2.75, 3.05) is 6.54 Å². The van der Waals surface area contributed by atoms with Crippen LogP contribution in [0.3, 0.4) is 0 Å². The van der Waals surface area contributed by atoms with Gasteiger partial charge < -0.3 is 10.4 Å². The van der Waals surface area contributed by atoms with Gasteiger partial charge in [0.25, 0.3) is 0 Å². The fraction of sp³-hybridized carbons (Fsp3) is 0.176. The number of carboxylic acids is 1. The molecule has 0 saturated carbocycles. The maximum absolute atomic E-state index is 11.8. The number of nitrogens with one attached hydrogen (secondary N) is 1. The van der Waals surface area contributed by atoms with Crippen LogP contribution in [0.4, 0.5) is 0 Å². The number of carbonyl (C=O) groups excluding carboxylic acids is 1. The van der Waals surface area contributed by atoms with Crippen molar-refractivity contribution in [3.8, 4) is 0 Å². The molecule has 5 heteroatoms. The Morgan fingerprint density at radius 3 is 2.45 bits per heavy atom. The van der Waals surface area contributed by atoms with Crippen LogP contribution in [0.1, 0.15) is 27.7 Å². The summed E-state index contributed by atoms with van der Waals surface area (Å²) in [6.07, 6.45) is -0.226. The molecule has 2 N–H and O–H groups in total. The molecular weight excluding hydrogens is 280 g/mol. The normalized spacial score (nSPS) is 18.2. The third-order valence-electron chi connectivity index (χ3n) is 3.71. The van der Waals surface area contributed by atoms with Gasteiger partial charge in [-0.25, -0.2) is 4.79 Å². The lowest BCUT2D eigenvalue weighted by Crippen LogP contribution is -2.27. The largest absolute Gasteiger partial charge is 0.478 e. The smallest absolute Gasteiger partial charge is 0.335 e. The van der Waals surface area contributed by atoms with E-state index in [1.54, 1.807) is 24.3 Å². The lowest BCUT2D eigenvalue weighted by molar-refractivity contribution is -0.118. The van der Waals surface area contributed by atoms with E-state index in [-0.39, 0.29) is 17.6 Å². The second kappa shape index (κ2) is 5.99. The van der Waals surface area contributed by atoms with E-state index in [4.69, 9.17) is 5.11 Å². The minimum atomic E-state index is -0.955. The van der Waals surface area contributed by atoms with Crippen molar-refractivity contribution in [3.05, 3.63) is 71.3 Å². The molecule has 22 heavy (non-hydrogen) atoms. The van der Waals surface area contributed by atoms with E-state index < -0.39 is 5.97 Å². The number of benzene rings is 2. The first-order chi connectivity index (χ1) is 10.6. The molecule has 1 fully saturated rings. The monoisotopic (exact) mass is 296 g/mol. The molecule has 0 bridgehead atoms. The molecule has 112 valence electrons. The SMILES string of the molecule is O=C1CN(Cc2ccccc2)[C@H](c2ccc(C(=O)O)cc2)N1. The van der Waals surface area contributed by atoms with Crippen molar-refractivity contribution >= 4 is 11.9 Å². The Bertz CT molecular complexity index is 683. The summed E-state index contributed by atoms with van der Waals surface area (Å²) in [6, 6.07) is 16.6. The van der Waals surface area contributed by atoms with Gasteiger partial charge in [0.2, 0.25) is 5.91 Å². The molecular formula is C17H16N2O3. The summed E-state index contributed by atoms with van der Waals surface area (Å²) in [7, 11) is 0. The van der Waals surface area contributed by atoms with E-state index in [0.717, 1.165) is 11.1 Å². The van der Waals surface area contributed by atoms with Crippen molar-refractivity contribution in [1.29, 1.82) is 0 Å². The van der Waals surface area contributed by atoms with Crippen molar-refractivity contribution in [1.82, 2.24) is 10.2 Å². The van der Waals surface area contributed by atoms with Crippen molar-refractivity contribution in [3.63, 3.8) is 0 Å². The summed E-state index contributed by atoms with van der Waals surface area (Å²) in [5.41, 5.74) is 2.25. The van der Waals surface area contributed by atoms with Gasteiger partial charge in [0.1, 0.15) is 6.17 Å². The summed E-state index contributed by atoms with van der Waals surface area (Å²) in [4.78, 5) is 24.7. The van der Waals surface area contributed by atoms with Gasteiger partial charge >= 0.3 is 5.97 Å². The summed E-state index contributed by atoms with van der Waals surface area (Å²) < 4.78 is 0. The van der Waals surface area contributed by atoms with Gasteiger partial charge in [-0.05, 0) is 23.3 Å². The van der Waals surface area contributed by atoms with Crippen molar-refractivity contribution in [2.24, 2.45) is 0 Å². The standard InChI is InChI=1S/C17H16N2O3/c20-15-11-19(10-12-4-2-1-3-5-12)16(18-15)13-6-8-14(9-7-13)17(21)22/h1-9,16H,10-11H2,(H,18,20)(H,21,22)/t16-/m1/s1. The van der Waals surface area contributed by atoms with Crippen LogP contribution in [0, 0.1) is 0 Å². The maximum Gasteiger partial charge on any atom is 0.335 e. The predicted molar refractivity (Wildman–Crippen MR) is 81.1 cm³/mol. The number of nitrogens with zero attached hydrogens (tertiary/aromatic N) is 1. The zero-order chi connectivity index (χ0) is 15.5. The molecule has 5 nitrogen and oxygen atoms in total. The first kappa shape index (κ1) is 14.3. The Balaban J connectivity index is 1.81. The summed E-state index contributed by atoms with van der Waals surface area (Å²) >= 11 is 0. The molecule has 0 unspecified atom stereocenters. The van der Waals surface area contributed by atoms with Crippen molar-refractivity contribution in [2.45, 2.75) is 12.7 Å². The minimum absolute atomic E-state index is 0.0248. The molecule has 0 spiro atoms. The Hall–Kier alpha value is -2.66. The topological polar surface area (TPSA) is 69.6 Å². The first-order valence-corrected chi connectivity index (χ1v) is 7.04. The fourth-order valence-electron chi connectivity index (χ4n) is 2.63. The Morgan fingerprint density at radius 1 is 1.14 bits per heavy atom. The molecule has 1 saturated heterocycles. The van der Waals surface area contributed by atoms with E-state index in [1.165, 1.54) is 0 Å². The minimum Gasteiger partial charge on any atom is -0.478 e. The number of hydrogen-bond acceptors (Lipinski definition) is 3. The number of carboxylic acid groups (broad SMARTS) is 1. The van der Waals surface area contributed by atoms with E-state index in [9.17, 15) is 9.59 Å². The average Bonchev–Trinajstić information content (AvgIpc) is 2.89. The highest BCUT2D eigenvalue weighted by Gasteiger charge is 2.30. The molecule has 2 aromatic rings. The number of carbonyl (C=O) groups is 2. The number of rotatable bonds is 4. The highest BCUT2D eigenvalue weighted by molar-refractivity contribution is 5.87. The average molecular weight is 296 g/mol. The third kappa shape index (κ3) is 2.99. The lowest BCUT2D eigenvalue weighted by Gasteiger charge is -2.23. The van der Waals surface area contributed by atoms with Gasteiger partial charge in [0, 0.05) is 6.54 Å². The Kier molecular flexibility index (Phi) is 3.89. The van der Waals surface area contributed by atoms with Crippen LogP contribution in [-0.2, 0) is 11.3 Å². The maximum atomic E-state index is 11.8. The highest BCUT2D eigenvalue weighted by Crippen LogP contribution is 2.24. The van der Waals surface area contributed by atoms with Crippen LogP contribution >= 0.6 is 0 Å². The van der Waals surface area contributed by atoms with Gasteiger partial charge in [-0.15, -0.1) is 0 Å². The van der Waals surface area contributed by atoms with Gasteiger partial charge in [0.05, 0.1) is 12.1 Å². The first-order valence-electron chi connectivity index (χ1n) is 7.04. The van der Waals surface area contributed by atoms with E-state index in [2.05, 4.69) is 5.32 Å². The molecule has 1 aliphatic rings. The molecule has 1 heterocycles. The zero-order valence-corrected chi connectivity index (χ0v) is 11.9. The predicted octanol–water partition coefficient (Wildman–Crippen LogP) is 2.02. The number of amides is 1. The molecule has 0 aliphatic carbocycles. The third-order valence-corrected chi connectivity index (χ3v) is 3.71. The van der Waals surface area contributed by atoms with Crippen molar-refractivity contribution < 1.29 is 14.7 Å². The van der Waals surface area contributed by atoms with E-state index >= 15 is 0 Å². The quantitative estimate of drug-likeness (QED) is 0.905. The van der Waals surface area contributed by atoms with Gasteiger partial charge in [-0.3, -0.25) is 9.69 Å². The molecule has 1 aliphatic heterocycles. The fourth-order valence-corrected chi connectivity index (χ4v) is 2.63. The van der Waals surface area contributed by atoms with Gasteiger partial charge in [-0.2, -0.15) is 0 Å². The van der Waals surface area contributed by atoms with Crippen LogP contribution < -0.4 is 5.32 Å². The summed E-state index contributed by atoms with van der Waals surface area (Å²) in [5.74, 6) is -0.980. The second-order valence-corrected chi connectivity index (χ2v) is 5.29. The Morgan fingerprint density at radius 2 is 1.82 bits per heavy atom. The van der Waals surface area contributed by atoms with E-state index in [0.29, 0.717) is 13.1 Å².